The van der Waals surface area contributed by atoms with Crippen molar-refractivity contribution in [3.8, 4) is 5.75 Å². The second kappa shape index (κ2) is 5.19. The van der Waals surface area contributed by atoms with Crippen LogP contribution in [0.25, 0.3) is 0 Å². The van der Waals surface area contributed by atoms with Crippen LogP contribution in [0.1, 0.15) is 15.9 Å². The van der Waals surface area contributed by atoms with Crippen molar-refractivity contribution in [2.24, 2.45) is 0 Å². The fraction of sp³-hybridized carbons (Fsp3) is 0.462. The molecule has 1 aromatic carbocycles. The van der Waals surface area contributed by atoms with Gasteiger partial charge in [0, 0.05) is 13.1 Å². The van der Waals surface area contributed by atoms with Crippen molar-refractivity contribution in [3.63, 3.8) is 0 Å². The number of hydrogen-bond acceptors (Lipinski definition) is 3. The first kappa shape index (κ1) is 11.9. The van der Waals surface area contributed by atoms with Gasteiger partial charge >= 0.3 is 0 Å². The van der Waals surface area contributed by atoms with Gasteiger partial charge in [-0.3, -0.25) is 4.79 Å². The standard InChI is InChI=1S/C13H17NO3/c1-10-4-3-5-11(16-2)12(10)13(15)14-6-8-17-9-7-14/h3-5H,6-9H2,1-2H3. The Labute approximate surface area is 101 Å². The van der Waals surface area contributed by atoms with Crippen LogP contribution in [0.5, 0.6) is 5.75 Å². The lowest BCUT2D eigenvalue weighted by atomic mass is 10.1. The van der Waals surface area contributed by atoms with Gasteiger partial charge in [-0.05, 0) is 18.6 Å². The van der Waals surface area contributed by atoms with Crippen molar-refractivity contribution in [1.29, 1.82) is 0 Å². The summed E-state index contributed by atoms with van der Waals surface area (Å²) < 4.78 is 10.5. The molecular weight excluding hydrogens is 218 g/mol. The van der Waals surface area contributed by atoms with Crippen molar-refractivity contribution < 1.29 is 14.3 Å². The molecule has 0 aliphatic carbocycles. The molecule has 2 rings (SSSR count). The summed E-state index contributed by atoms with van der Waals surface area (Å²) in [4.78, 5) is 14.2. The SMILES string of the molecule is COc1cccc(C)c1C(=O)N1CCOCC1. The van der Waals surface area contributed by atoms with E-state index in [2.05, 4.69) is 0 Å². The lowest BCUT2D eigenvalue weighted by Crippen LogP contribution is -2.41. The Bertz CT molecular complexity index is 411. The molecule has 0 bridgehead atoms. The fourth-order valence-corrected chi connectivity index (χ4v) is 2.01. The van der Waals surface area contributed by atoms with Gasteiger partial charge in [-0.15, -0.1) is 0 Å². The molecule has 0 radical (unpaired) electrons. The van der Waals surface area contributed by atoms with Gasteiger partial charge in [0.15, 0.2) is 0 Å². The number of morpholine rings is 1. The molecule has 0 spiro atoms. The molecule has 1 heterocycles. The van der Waals surface area contributed by atoms with Crippen molar-refractivity contribution in [2.45, 2.75) is 6.92 Å². The number of ether oxygens (including phenoxy) is 2. The van der Waals surface area contributed by atoms with E-state index >= 15 is 0 Å². The zero-order chi connectivity index (χ0) is 12.3. The van der Waals surface area contributed by atoms with Gasteiger partial charge in [0.1, 0.15) is 5.75 Å². The molecule has 4 heteroatoms. The van der Waals surface area contributed by atoms with Crippen LogP contribution < -0.4 is 4.74 Å². The maximum absolute atomic E-state index is 12.4. The summed E-state index contributed by atoms with van der Waals surface area (Å²) in [5.41, 5.74) is 1.61. The van der Waals surface area contributed by atoms with Gasteiger partial charge in [-0.1, -0.05) is 12.1 Å². The molecule has 4 nitrogen and oxygen atoms in total. The topological polar surface area (TPSA) is 38.8 Å². The Morgan fingerprint density at radius 3 is 2.71 bits per heavy atom. The molecule has 0 atom stereocenters. The number of amides is 1. The van der Waals surface area contributed by atoms with Gasteiger partial charge in [0.2, 0.25) is 0 Å². The molecule has 1 saturated heterocycles. The number of carbonyl (C=O) groups is 1. The Kier molecular flexibility index (Phi) is 3.64. The van der Waals surface area contributed by atoms with Crippen molar-refractivity contribution in [3.05, 3.63) is 29.3 Å². The zero-order valence-corrected chi connectivity index (χ0v) is 10.2. The maximum Gasteiger partial charge on any atom is 0.258 e. The maximum atomic E-state index is 12.4. The molecule has 1 fully saturated rings. The lowest BCUT2D eigenvalue weighted by Gasteiger charge is -2.28. The van der Waals surface area contributed by atoms with E-state index in [4.69, 9.17) is 9.47 Å². The normalized spacial score (nSPS) is 15.8. The van der Waals surface area contributed by atoms with E-state index in [-0.39, 0.29) is 5.91 Å². The molecule has 1 aliphatic heterocycles. The van der Waals surface area contributed by atoms with Crippen LogP contribution in [0.15, 0.2) is 18.2 Å². The van der Waals surface area contributed by atoms with Gasteiger partial charge in [0.05, 0.1) is 25.9 Å². The molecule has 1 amide bonds. The number of carbonyl (C=O) groups excluding carboxylic acids is 1. The fourth-order valence-electron chi connectivity index (χ4n) is 2.01. The molecule has 0 unspecified atom stereocenters. The zero-order valence-electron chi connectivity index (χ0n) is 10.2. The highest BCUT2D eigenvalue weighted by atomic mass is 16.5. The molecule has 0 N–H and O–H groups in total. The quantitative estimate of drug-likeness (QED) is 0.779. The molecule has 0 saturated carbocycles. The lowest BCUT2D eigenvalue weighted by molar-refractivity contribution is 0.0300. The van der Waals surface area contributed by atoms with E-state index in [1.165, 1.54) is 0 Å². The summed E-state index contributed by atoms with van der Waals surface area (Å²) in [5, 5.41) is 0. The van der Waals surface area contributed by atoms with Crippen LogP contribution >= 0.6 is 0 Å². The molecule has 0 aromatic heterocycles. The van der Waals surface area contributed by atoms with E-state index in [0.29, 0.717) is 37.6 Å². The minimum atomic E-state index is 0.0308. The first-order valence-corrected chi connectivity index (χ1v) is 5.74. The third kappa shape index (κ3) is 2.42. The Morgan fingerprint density at radius 2 is 2.06 bits per heavy atom. The van der Waals surface area contributed by atoms with Crippen molar-refractivity contribution >= 4 is 5.91 Å². The molecule has 1 aliphatic rings. The summed E-state index contributed by atoms with van der Waals surface area (Å²) in [6, 6.07) is 5.64. The molecule has 92 valence electrons. The summed E-state index contributed by atoms with van der Waals surface area (Å²) >= 11 is 0. The minimum Gasteiger partial charge on any atom is -0.496 e. The van der Waals surface area contributed by atoms with E-state index in [1.54, 1.807) is 7.11 Å². The predicted molar refractivity (Wildman–Crippen MR) is 64.5 cm³/mol. The van der Waals surface area contributed by atoms with Crippen molar-refractivity contribution in [1.82, 2.24) is 4.90 Å². The van der Waals surface area contributed by atoms with Crippen molar-refractivity contribution in [2.75, 3.05) is 33.4 Å². The summed E-state index contributed by atoms with van der Waals surface area (Å²) in [7, 11) is 1.59. The monoisotopic (exact) mass is 235 g/mol. The van der Waals surface area contributed by atoms with E-state index < -0.39 is 0 Å². The largest absolute Gasteiger partial charge is 0.496 e. The highest BCUT2D eigenvalue weighted by molar-refractivity contribution is 5.98. The van der Waals surface area contributed by atoms with Gasteiger partial charge in [0.25, 0.3) is 5.91 Å². The molecule has 1 aromatic rings. The predicted octanol–water partition coefficient (Wildman–Crippen LogP) is 1.48. The summed E-state index contributed by atoms with van der Waals surface area (Å²) in [6.07, 6.45) is 0. The Balaban J connectivity index is 2.29. The van der Waals surface area contributed by atoms with Crippen LogP contribution in [-0.4, -0.2) is 44.2 Å². The van der Waals surface area contributed by atoms with Crippen LogP contribution in [-0.2, 0) is 4.74 Å². The van der Waals surface area contributed by atoms with Crippen LogP contribution in [0, 0.1) is 6.92 Å². The van der Waals surface area contributed by atoms with Gasteiger partial charge in [-0.25, -0.2) is 0 Å². The highest BCUT2D eigenvalue weighted by Crippen LogP contribution is 2.23. The summed E-state index contributed by atoms with van der Waals surface area (Å²) in [6.45, 7) is 4.45. The Hall–Kier alpha value is -1.55. The summed E-state index contributed by atoms with van der Waals surface area (Å²) in [5.74, 6) is 0.671. The van der Waals surface area contributed by atoms with Crippen LogP contribution in [0.4, 0.5) is 0 Å². The number of nitrogens with zero attached hydrogens (tertiary/aromatic N) is 1. The third-order valence-corrected chi connectivity index (χ3v) is 2.97. The Morgan fingerprint density at radius 1 is 1.35 bits per heavy atom. The van der Waals surface area contributed by atoms with Crippen LogP contribution in [0.3, 0.4) is 0 Å². The minimum absolute atomic E-state index is 0.0308. The van der Waals surface area contributed by atoms with Gasteiger partial charge < -0.3 is 14.4 Å². The first-order valence-electron chi connectivity index (χ1n) is 5.74. The third-order valence-electron chi connectivity index (χ3n) is 2.97. The average Bonchev–Trinajstić information content (AvgIpc) is 2.38. The molecule has 17 heavy (non-hydrogen) atoms. The number of rotatable bonds is 2. The second-order valence-electron chi connectivity index (χ2n) is 4.06. The van der Waals surface area contributed by atoms with E-state index in [9.17, 15) is 4.79 Å². The highest BCUT2D eigenvalue weighted by Gasteiger charge is 2.22. The van der Waals surface area contributed by atoms with Gasteiger partial charge in [-0.2, -0.15) is 0 Å². The van der Waals surface area contributed by atoms with Crippen LogP contribution in [0.2, 0.25) is 0 Å². The number of hydrogen-bond donors (Lipinski definition) is 0. The smallest absolute Gasteiger partial charge is 0.258 e. The average molecular weight is 235 g/mol. The number of aryl methyl sites for hydroxylation is 1. The first-order chi connectivity index (χ1) is 8.24. The number of benzene rings is 1. The second-order valence-corrected chi connectivity index (χ2v) is 4.06. The van der Waals surface area contributed by atoms with E-state index in [0.717, 1.165) is 5.56 Å². The number of methoxy groups -OCH3 is 1. The molecular formula is C13H17NO3. The van der Waals surface area contributed by atoms with E-state index in [1.807, 2.05) is 30.0 Å².